The molecule has 0 unspecified atom stereocenters. The number of nitrogens with zero attached hydrogens (tertiary/aromatic N) is 2. The summed E-state index contributed by atoms with van der Waals surface area (Å²) in [6.45, 7) is 0.385. The molecule has 0 radical (unpaired) electrons. The quantitative estimate of drug-likeness (QED) is 0.636. The van der Waals surface area contributed by atoms with Crippen molar-refractivity contribution in [1.82, 2.24) is 9.88 Å². The van der Waals surface area contributed by atoms with E-state index in [0.29, 0.717) is 27.8 Å². The van der Waals surface area contributed by atoms with Crippen molar-refractivity contribution in [2.24, 2.45) is 0 Å². The van der Waals surface area contributed by atoms with Crippen molar-refractivity contribution in [3.63, 3.8) is 0 Å². The summed E-state index contributed by atoms with van der Waals surface area (Å²) in [6.07, 6.45) is 1.41. The van der Waals surface area contributed by atoms with E-state index < -0.39 is 0 Å². The van der Waals surface area contributed by atoms with E-state index in [4.69, 9.17) is 9.47 Å². The Bertz CT molecular complexity index is 1100. The number of fused-ring (bicyclic) bond motifs is 1. The zero-order valence-corrected chi connectivity index (χ0v) is 15.3. The van der Waals surface area contributed by atoms with Gasteiger partial charge < -0.3 is 19.4 Å². The number of ether oxygens (including phenoxy) is 2. The van der Waals surface area contributed by atoms with E-state index in [9.17, 15) is 14.9 Å². The standard InChI is InChI=1S/C21H19N3O4/c1-27-16-5-4-6-17(11-16)28-10-9-23-20(25)14-24-13-15(12-22)18-7-2-3-8-19(18)21(24)26/h2-8,11,13H,9-10,14H2,1H3,(H,23,25). The fourth-order valence-electron chi connectivity index (χ4n) is 2.81. The first-order valence-electron chi connectivity index (χ1n) is 8.68. The van der Waals surface area contributed by atoms with Crippen molar-refractivity contribution in [2.45, 2.75) is 6.54 Å². The lowest BCUT2D eigenvalue weighted by Gasteiger charge is -2.11. The third-order valence-electron chi connectivity index (χ3n) is 4.16. The number of carbonyl (C=O) groups is 1. The number of benzene rings is 2. The number of hydrogen-bond acceptors (Lipinski definition) is 5. The molecule has 3 rings (SSSR count). The van der Waals surface area contributed by atoms with Gasteiger partial charge in [-0.1, -0.05) is 24.3 Å². The molecule has 0 fully saturated rings. The van der Waals surface area contributed by atoms with Crippen LogP contribution in [0.2, 0.25) is 0 Å². The summed E-state index contributed by atoms with van der Waals surface area (Å²) in [5.74, 6) is 0.985. The van der Waals surface area contributed by atoms with Crippen LogP contribution in [-0.4, -0.2) is 30.7 Å². The maximum Gasteiger partial charge on any atom is 0.258 e. The number of aromatic nitrogens is 1. The number of pyridine rings is 1. The van der Waals surface area contributed by atoms with Gasteiger partial charge in [0.15, 0.2) is 0 Å². The Kier molecular flexibility index (Phi) is 5.92. The van der Waals surface area contributed by atoms with Gasteiger partial charge in [-0.15, -0.1) is 0 Å². The highest BCUT2D eigenvalue weighted by Crippen LogP contribution is 2.18. The van der Waals surface area contributed by atoms with E-state index >= 15 is 0 Å². The van der Waals surface area contributed by atoms with Gasteiger partial charge in [0.05, 0.1) is 19.2 Å². The molecule has 0 aliphatic heterocycles. The number of nitriles is 1. The first kappa shape index (κ1) is 19.0. The second-order valence-corrected chi connectivity index (χ2v) is 6.01. The van der Waals surface area contributed by atoms with Gasteiger partial charge in [-0.2, -0.15) is 5.26 Å². The molecule has 0 aliphatic rings. The van der Waals surface area contributed by atoms with Crippen molar-refractivity contribution >= 4 is 16.7 Å². The molecular formula is C21H19N3O4. The number of rotatable bonds is 7. The lowest BCUT2D eigenvalue weighted by atomic mass is 10.1. The minimum absolute atomic E-state index is 0.169. The lowest BCUT2D eigenvalue weighted by molar-refractivity contribution is -0.121. The summed E-state index contributed by atoms with van der Waals surface area (Å²) in [5, 5.41) is 13.0. The highest BCUT2D eigenvalue weighted by molar-refractivity contribution is 5.87. The Morgan fingerprint density at radius 1 is 1.14 bits per heavy atom. The van der Waals surface area contributed by atoms with Gasteiger partial charge in [-0.25, -0.2) is 0 Å². The van der Waals surface area contributed by atoms with Crippen LogP contribution in [0.25, 0.3) is 10.8 Å². The third-order valence-corrected chi connectivity index (χ3v) is 4.16. The molecule has 0 spiro atoms. The van der Waals surface area contributed by atoms with E-state index in [2.05, 4.69) is 11.4 Å². The van der Waals surface area contributed by atoms with E-state index in [1.807, 2.05) is 12.1 Å². The Hall–Kier alpha value is -3.79. The molecule has 0 aliphatic carbocycles. The largest absolute Gasteiger partial charge is 0.497 e. The van der Waals surface area contributed by atoms with E-state index in [1.165, 1.54) is 10.8 Å². The summed E-state index contributed by atoms with van der Waals surface area (Å²) in [4.78, 5) is 24.7. The van der Waals surface area contributed by atoms with Crippen molar-refractivity contribution in [1.29, 1.82) is 5.26 Å². The SMILES string of the molecule is COc1cccc(OCCNC(=O)Cn2cc(C#N)c3ccccc3c2=O)c1. The van der Waals surface area contributed by atoms with Crippen LogP contribution in [0, 0.1) is 11.3 Å². The zero-order chi connectivity index (χ0) is 19.9. The summed E-state index contributed by atoms with van der Waals surface area (Å²) >= 11 is 0. The Morgan fingerprint density at radius 2 is 1.89 bits per heavy atom. The van der Waals surface area contributed by atoms with E-state index in [0.717, 1.165) is 0 Å². The van der Waals surface area contributed by atoms with Crippen LogP contribution in [0.1, 0.15) is 5.56 Å². The first-order valence-corrected chi connectivity index (χ1v) is 8.68. The molecule has 28 heavy (non-hydrogen) atoms. The van der Waals surface area contributed by atoms with Crippen molar-refractivity contribution in [3.05, 3.63) is 70.6 Å². The molecule has 7 nitrogen and oxygen atoms in total. The molecule has 1 amide bonds. The molecule has 1 aromatic heterocycles. The Balaban J connectivity index is 1.60. The van der Waals surface area contributed by atoms with Gasteiger partial charge in [-0.05, 0) is 18.2 Å². The van der Waals surface area contributed by atoms with Crippen LogP contribution in [0.4, 0.5) is 0 Å². The fraction of sp³-hybridized carbons (Fsp3) is 0.190. The lowest BCUT2D eigenvalue weighted by Crippen LogP contribution is -2.34. The van der Waals surface area contributed by atoms with Crippen LogP contribution in [0.5, 0.6) is 11.5 Å². The summed E-state index contributed by atoms with van der Waals surface area (Å²) < 4.78 is 11.9. The number of hydrogen-bond donors (Lipinski definition) is 1. The van der Waals surface area contributed by atoms with Crippen LogP contribution in [0.15, 0.2) is 59.5 Å². The Morgan fingerprint density at radius 3 is 2.64 bits per heavy atom. The molecule has 2 aromatic carbocycles. The highest BCUT2D eigenvalue weighted by atomic mass is 16.5. The van der Waals surface area contributed by atoms with Crippen LogP contribution in [0.3, 0.4) is 0 Å². The average molecular weight is 377 g/mol. The summed E-state index contributed by atoms with van der Waals surface area (Å²) in [5.41, 5.74) is 0.0433. The number of carbonyl (C=O) groups excluding carboxylic acids is 1. The highest BCUT2D eigenvalue weighted by Gasteiger charge is 2.11. The van der Waals surface area contributed by atoms with Crippen molar-refractivity contribution < 1.29 is 14.3 Å². The zero-order valence-electron chi connectivity index (χ0n) is 15.3. The first-order chi connectivity index (χ1) is 13.6. The molecule has 1 heterocycles. The normalized spacial score (nSPS) is 10.3. The topological polar surface area (TPSA) is 93.3 Å². The molecule has 0 bridgehead atoms. The van der Waals surface area contributed by atoms with Crippen LogP contribution in [-0.2, 0) is 11.3 Å². The molecule has 0 atom stereocenters. The monoisotopic (exact) mass is 377 g/mol. The third kappa shape index (κ3) is 4.30. The molecule has 142 valence electrons. The molecule has 7 heteroatoms. The van der Waals surface area contributed by atoms with Gasteiger partial charge in [0.1, 0.15) is 30.7 Å². The average Bonchev–Trinajstić information content (AvgIpc) is 2.73. The predicted molar refractivity (Wildman–Crippen MR) is 104 cm³/mol. The van der Waals surface area contributed by atoms with Gasteiger partial charge in [-0.3, -0.25) is 9.59 Å². The molecule has 0 saturated heterocycles. The van der Waals surface area contributed by atoms with Gasteiger partial charge >= 0.3 is 0 Å². The second-order valence-electron chi connectivity index (χ2n) is 6.01. The predicted octanol–water partition coefficient (Wildman–Crippen LogP) is 2.08. The van der Waals surface area contributed by atoms with Crippen molar-refractivity contribution in [2.75, 3.05) is 20.3 Å². The summed E-state index contributed by atoms with van der Waals surface area (Å²) in [6, 6.07) is 16.1. The Labute approximate surface area is 161 Å². The maximum atomic E-state index is 12.5. The molecule has 0 saturated carbocycles. The molecule has 1 N–H and O–H groups in total. The molecular weight excluding hydrogens is 358 g/mol. The van der Waals surface area contributed by atoms with Crippen LogP contribution >= 0.6 is 0 Å². The molecule has 3 aromatic rings. The maximum absolute atomic E-state index is 12.5. The van der Waals surface area contributed by atoms with Gasteiger partial charge in [0.2, 0.25) is 5.91 Å². The van der Waals surface area contributed by atoms with Gasteiger partial charge in [0, 0.05) is 23.0 Å². The van der Waals surface area contributed by atoms with Crippen molar-refractivity contribution in [3.8, 4) is 17.6 Å². The van der Waals surface area contributed by atoms with E-state index in [1.54, 1.807) is 43.5 Å². The number of methoxy groups -OCH3 is 1. The number of amides is 1. The minimum Gasteiger partial charge on any atom is -0.497 e. The minimum atomic E-state index is -0.337. The smallest absolute Gasteiger partial charge is 0.258 e. The number of nitrogens with one attached hydrogen (secondary N) is 1. The second kappa shape index (κ2) is 8.73. The van der Waals surface area contributed by atoms with E-state index in [-0.39, 0.29) is 31.2 Å². The van der Waals surface area contributed by atoms with Crippen LogP contribution < -0.4 is 20.3 Å². The summed E-state index contributed by atoms with van der Waals surface area (Å²) in [7, 11) is 1.58. The van der Waals surface area contributed by atoms with Gasteiger partial charge in [0.25, 0.3) is 5.56 Å². The fourth-order valence-corrected chi connectivity index (χ4v) is 2.81.